The van der Waals surface area contributed by atoms with Crippen molar-refractivity contribution in [3.05, 3.63) is 81.3 Å². The molecule has 1 aliphatic heterocycles. The molecule has 1 atom stereocenters. The van der Waals surface area contributed by atoms with E-state index in [4.69, 9.17) is 9.72 Å². The van der Waals surface area contributed by atoms with Gasteiger partial charge in [-0.3, -0.25) is 4.90 Å². The Bertz CT molecular complexity index is 988. The van der Waals surface area contributed by atoms with E-state index in [2.05, 4.69) is 36.1 Å². The second kappa shape index (κ2) is 9.94. The van der Waals surface area contributed by atoms with Crippen molar-refractivity contribution in [2.24, 2.45) is 0 Å². The number of nitrogens with zero attached hydrogens (tertiary/aromatic N) is 2. The van der Waals surface area contributed by atoms with E-state index in [1.165, 1.54) is 16.0 Å². The van der Waals surface area contributed by atoms with Gasteiger partial charge in [-0.05, 0) is 57.4 Å². The smallest absolute Gasteiger partial charge is 0.125 e. The molecule has 0 bridgehead atoms. The Balaban J connectivity index is 1.36. The van der Waals surface area contributed by atoms with E-state index in [0.29, 0.717) is 6.61 Å². The zero-order valence-electron chi connectivity index (χ0n) is 18.5. The van der Waals surface area contributed by atoms with Crippen LogP contribution in [0.4, 0.5) is 0 Å². The molecule has 0 saturated carbocycles. The average molecular weight is 437 g/mol. The van der Waals surface area contributed by atoms with Gasteiger partial charge in [0.1, 0.15) is 16.4 Å². The molecule has 1 aliphatic rings. The van der Waals surface area contributed by atoms with E-state index in [0.717, 1.165) is 61.8 Å². The molecule has 1 fully saturated rings. The summed E-state index contributed by atoms with van der Waals surface area (Å²) in [5.74, 6) is 0.890. The maximum Gasteiger partial charge on any atom is 0.125 e. The number of hydrogen-bond acceptors (Lipinski definition) is 5. The fourth-order valence-electron chi connectivity index (χ4n) is 4.25. The lowest BCUT2D eigenvalue weighted by Crippen LogP contribution is -2.29. The van der Waals surface area contributed by atoms with E-state index in [-0.39, 0.29) is 0 Å². The molecule has 31 heavy (non-hydrogen) atoms. The molecule has 0 aliphatic carbocycles. The van der Waals surface area contributed by atoms with E-state index < -0.39 is 5.60 Å². The summed E-state index contributed by atoms with van der Waals surface area (Å²) in [5.41, 5.74) is 2.84. The van der Waals surface area contributed by atoms with E-state index in [1.54, 1.807) is 11.3 Å². The third-order valence-electron chi connectivity index (χ3n) is 6.03. The zero-order valence-corrected chi connectivity index (χ0v) is 19.3. The fraction of sp³-hybridized carbons (Fsp3) is 0.423. The topological polar surface area (TPSA) is 45.6 Å². The third kappa shape index (κ3) is 5.73. The number of aryl methyl sites for hydroxylation is 2. The number of benzene rings is 2. The second-order valence-electron chi connectivity index (χ2n) is 8.59. The number of rotatable bonds is 7. The minimum Gasteiger partial charge on any atom is -0.493 e. The molecule has 1 N–H and O–H groups in total. The lowest BCUT2D eigenvalue weighted by atomic mass is 9.96. The van der Waals surface area contributed by atoms with Crippen LogP contribution in [0.2, 0.25) is 0 Å². The molecule has 164 valence electrons. The molecule has 0 unspecified atom stereocenters. The monoisotopic (exact) mass is 436 g/mol. The van der Waals surface area contributed by atoms with Crippen LogP contribution >= 0.6 is 11.3 Å². The summed E-state index contributed by atoms with van der Waals surface area (Å²) in [6, 6.07) is 18.6. The molecule has 2 aromatic carbocycles. The number of thiazole rings is 1. The summed E-state index contributed by atoms with van der Waals surface area (Å²) >= 11 is 1.66. The molecule has 5 heteroatoms. The maximum absolute atomic E-state index is 11.5. The Morgan fingerprint density at radius 1 is 1.06 bits per heavy atom. The van der Waals surface area contributed by atoms with E-state index in [9.17, 15) is 5.11 Å². The van der Waals surface area contributed by atoms with Crippen molar-refractivity contribution in [3.8, 4) is 5.75 Å². The number of likely N-dealkylation sites (tertiary alicyclic amines) is 1. The number of aromatic nitrogens is 1. The highest BCUT2D eigenvalue weighted by atomic mass is 32.1. The Labute approximate surface area is 189 Å². The Kier molecular flexibility index (Phi) is 7.06. The van der Waals surface area contributed by atoms with Crippen molar-refractivity contribution in [2.75, 3.05) is 19.7 Å². The van der Waals surface area contributed by atoms with Crippen LogP contribution in [0.3, 0.4) is 0 Å². The Morgan fingerprint density at radius 2 is 1.90 bits per heavy atom. The molecular weight excluding hydrogens is 404 g/mol. The highest BCUT2D eigenvalue weighted by Crippen LogP contribution is 2.37. The number of aliphatic hydroxyl groups is 1. The van der Waals surface area contributed by atoms with E-state index >= 15 is 0 Å². The molecule has 4 rings (SSSR count). The largest absolute Gasteiger partial charge is 0.493 e. The van der Waals surface area contributed by atoms with Crippen LogP contribution < -0.4 is 4.74 Å². The highest BCUT2D eigenvalue weighted by molar-refractivity contribution is 7.11. The van der Waals surface area contributed by atoms with Gasteiger partial charge in [0.25, 0.3) is 0 Å². The van der Waals surface area contributed by atoms with Crippen LogP contribution in [0.5, 0.6) is 5.75 Å². The Morgan fingerprint density at radius 3 is 2.71 bits per heavy atom. The average Bonchev–Trinajstić information content (AvgIpc) is 3.03. The summed E-state index contributed by atoms with van der Waals surface area (Å²) in [4.78, 5) is 8.46. The molecule has 0 radical (unpaired) electrons. The van der Waals surface area contributed by atoms with Crippen LogP contribution in [-0.4, -0.2) is 34.7 Å². The van der Waals surface area contributed by atoms with Crippen LogP contribution in [0, 0.1) is 13.8 Å². The van der Waals surface area contributed by atoms with Gasteiger partial charge in [-0.25, -0.2) is 4.98 Å². The molecule has 0 amide bonds. The number of hydrogen-bond donors (Lipinski definition) is 1. The molecule has 4 nitrogen and oxygen atoms in total. The zero-order chi connectivity index (χ0) is 21.7. The molecular formula is C26H32N2O2S. The van der Waals surface area contributed by atoms with Crippen molar-refractivity contribution in [1.29, 1.82) is 0 Å². The minimum absolute atomic E-state index is 0.620. The fourth-order valence-corrected chi connectivity index (χ4v) is 5.44. The van der Waals surface area contributed by atoms with Crippen LogP contribution in [0.1, 0.15) is 46.0 Å². The SMILES string of the molecule is Cc1cccc(CN2CCC[C@@](O)(c3nc(C)c(CCOc4ccccc4)s3)CC2)c1. The van der Waals surface area contributed by atoms with Crippen molar-refractivity contribution < 1.29 is 9.84 Å². The molecule has 1 aromatic heterocycles. The predicted molar refractivity (Wildman–Crippen MR) is 127 cm³/mol. The van der Waals surface area contributed by atoms with Gasteiger partial charge in [-0.15, -0.1) is 11.3 Å². The van der Waals surface area contributed by atoms with Gasteiger partial charge in [0.15, 0.2) is 0 Å². The van der Waals surface area contributed by atoms with Gasteiger partial charge >= 0.3 is 0 Å². The van der Waals surface area contributed by atoms with Crippen molar-refractivity contribution in [1.82, 2.24) is 9.88 Å². The minimum atomic E-state index is -0.824. The first-order valence-electron chi connectivity index (χ1n) is 11.2. The first kappa shape index (κ1) is 22.0. The number of para-hydroxylation sites is 1. The first-order valence-corrected chi connectivity index (χ1v) is 12.0. The first-order chi connectivity index (χ1) is 15.0. The van der Waals surface area contributed by atoms with Gasteiger partial charge in [0.2, 0.25) is 0 Å². The van der Waals surface area contributed by atoms with Crippen molar-refractivity contribution >= 4 is 11.3 Å². The van der Waals surface area contributed by atoms with Gasteiger partial charge in [0, 0.05) is 24.4 Å². The Hall–Kier alpha value is -2.21. The quantitative estimate of drug-likeness (QED) is 0.549. The normalized spacial score (nSPS) is 19.8. The van der Waals surface area contributed by atoms with Crippen LogP contribution in [0.15, 0.2) is 54.6 Å². The molecule has 0 spiro atoms. The summed E-state index contributed by atoms with van der Waals surface area (Å²) in [6.07, 6.45) is 3.29. The summed E-state index contributed by atoms with van der Waals surface area (Å²) in [5, 5.41) is 12.4. The van der Waals surface area contributed by atoms with Crippen molar-refractivity contribution in [2.45, 2.75) is 51.7 Å². The predicted octanol–water partition coefficient (Wildman–Crippen LogP) is 5.26. The summed E-state index contributed by atoms with van der Waals surface area (Å²) < 4.78 is 5.85. The third-order valence-corrected chi connectivity index (χ3v) is 7.44. The molecule has 3 aromatic rings. The van der Waals surface area contributed by atoms with Gasteiger partial charge in [-0.2, -0.15) is 0 Å². The molecule has 1 saturated heterocycles. The highest BCUT2D eigenvalue weighted by Gasteiger charge is 2.35. The second-order valence-corrected chi connectivity index (χ2v) is 9.67. The van der Waals surface area contributed by atoms with Gasteiger partial charge in [-0.1, -0.05) is 48.0 Å². The standard InChI is InChI=1S/C26H32N2O2S/c1-20-8-6-9-22(18-20)19-28-15-7-13-26(29,14-16-28)25-27-21(2)24(31-25)12-17-30-23-10-4-3-5-11-23/h3-6,8-11,18,29H,7,12-17,19H2,1-2H3/t26-/m0/s1. The van der Waals surface area contributed by atoms with Crippen LogP contribution in [-0.2, 0) is 18.6 Å². The summed E-state index contributed by atoms with van der Waals surface area (Å²) in [7, 11) is 0. The van der Waals surface area contributed by atoms with Gasteiger partial charge in [0.05, 0.1) is 12.3 Å². The maximum atomic E-state index is 11.5. The van der Waals surface area contributed by atoms with Crippen LogP contribution in [0.25, 0.3) is 0 Å². The lowest BCUT2D eigenvalue weighted by Gasteiger charge is -2.25. The number of ether oxygens (including phenoxy) is 1. The van der Waals surface area contributed by atoms with Gasteiger partial charge < -0.3 is 9.84 Å². The summed E-state index contributed by atoms with van der Waals surface area (Å²) in [6.45, 7) is 7.64. The van der Waals surface area contributed by atoms with Crippen molar-refractivity contribution in [3.63, 3.8) is 0 Å². The lowest BCUT2D eigenvalue weighted by molar-refractivity contribution is 0.0207. The van der Waals surface area contributed by atoms with E-state index in [1.807, 2.05) is 37.3 Å². The molecule has 2 heterocycles.